The Morgan fingerprint density at radius 2 is 1.89 bits per heavy atom. The topological polar surface area (TPSA) is 121 Å². The number of ether oxygens (including phenoxy) is 2. The summed E-state index contributed by atoms with van der Waals surface area (Å²) in [6, 6.07) is 5.17. The molecule has 152 valence electrons. The van der Waals surface area contributed by atoms with Crippen molar-refractivity contribution in [2.75, 3.05) is 19.0 Å². The van der Waals surface area contributed by atoms with Crippen LogP contribution in [0.4, 0.5) is 0 Å². The van der Waals surface area contributed by atoms with Crippen LogP contribution in [0.5, 0.6) is 5.75 Å². The molecule has 0 N–H and O–H groups in total. The van der Waals surface area contributed by atoms with Crippen molar-refractivity contribution in [3.8, 4) is 5.75 Å². The van der Waals surface area contributed by atoms with Crippen molar-refractivity contribution in [1.82, 2.24) is 4.57 Å². The predicted molar refractivity (Wildman–Crippen MR) is 103 cm³/mol. The third kappa shape index (κ3) is 5.26. The van der Waals surface area contributed by atoms with E-state index in [1.165, 1.54) is 4.57 Å². The predicted octanol–water partition coefficient (Wildman–Crippen LogP) is 1.05. The Morgan fingerprint density at radius 3 is 2.50 bits per heavy atom. The standard InChI is InChI=1S/C17H20N2O7S2/c1-4-25-12-6-7-13-14(8-12)27-17(19(13)9-16(22)26-5-2)18-15(21)10-28(23,24)11(3)20/h6-8H,4-5,9-10H2,1-3H3. The van der Waals surface area contributed by atoms with E-state index < -0.39 is 32.6 Å². The maximum absolute atomic E-state index is 12.1. The Hall–Kier alpha value is -2.53. The fourth-order valence-electron chi connectivity index (χ4n) is 2.29. The van der Waals surface area contributed by atoms with Crippen LogP contribution < -0.4 is 9.54 Å². The number of carbonyl (C=O) groups excluding carboxylic acids is 3. The van der Waals surface area contributed by atoms with Crippen LogP contribution in [-0.2, 0) is 35.5 Å². The van der Waals surface area contributed by atoms with Gasteiger partial charge in [-0.25, -0.2) is 8.42 Å². The van der Waals surface area contributed by atoms with Crippen LogP contribution in [0, 0.1) is 0 Å². The number of hydrogen-bond acceptors (Lipinski definition) is 8. The fourth-order valence-corrected chi connectivity index (χ4v) is 3.96. The summed E-state index contributed by atoms with van der Waals surface area (Å²) < 4.78 is 35.8. The smallest absolute Gasteiger partial charge is 0.326 e. The zero-order valence-corrected chi connectivity index (χ0v) is 17.3. The van der Waals surface area contributed by atoms with Crippen LogP contribution in [0.15, 0.2) is 23.2 Å². The first-order chi connectivity index (χ1) is 13.2. The minimum absolute atomic E-state index is 0.125. The normalized spacial score (nSPS) is 12.2. The molecule has 28 heavy (non-hydrogen) atoms. The molecule has 0 saturated carbocycles. The Bertz CT molecular complexity index is 1080. The summed E-state index contributed by atoms with van der Waals surface area (Å²) in [5.74, 6) is -1.94. The van der Waals surface area contributed by atoms with E-state index in [2.05, 4.69) is 4.99 Å². The van der Waals surface area contributed by atoms with Gasteiger partial charge in [-0.1, -0.05) is 11.3 Å². The fraction of sp³-hybridized carbons (Fsp3) is 0.412. The zero-order valence-electron chi connectivity index (χ0n) is 15.6. The van der Waals surface area contributed by atoms with Crippen molar-refractivity contribution in [1.29, 1.82) is 0 Å². The lowest BCUT2D eigenvalue weighted by molar-refractivity contribution is -0.143. The number of carbonyl (C=O) groups is 3. The van der Waals surface area contributed by atoms with E-state index in [0.29, 0.717) is 22.6 Å². The Balaban J connectivity index is 2.53. The van der Waals surface area contributed by atoms with E-state index in [-0.39, 0.29) is 18.0 Å². The maximum Gasteiger partial charge on any atom is 0.326 e. The molecule has 0 radical (unpaired) electrons. The lowest BCUT2D eigenvalue weighted by Crippen LogP contribution is -2.26. The van der Waals surface area contributed by atoms with Gasteiger partial charge in [-0.15, -0.1) is 0 Å². The number of esters is 1. The van der Waals surface area contributed by atoms with Gasteiger partial charge in [0.2, 0.25) is 15.0 Å². The summed E-state index contributed by atoms with van der Waals surface area (Å²) in [6.45, 7) is 4.85. The first-order valence-corrected chi connectivity index (χ1v) is 10.9. The number of sulfone groups is 1. The molecule has 0 saturated heterocycles. The van der Waals surface area contributed by atoms with Crippen LogP contribution in [0.2, 0.25) is 0 Å². The molecule has 0 bridgehead atoms. The number of hydrogen-bond donors (Lipinski definition) is 0. The van der Waals surface area contributed by atoms with Gasteiger partial charge in [0.05, 0.1) is 23.4 Å². The van der Waals surface area contributed by atoms with Crippen LogP contribution in [0.3, 0.4) is 0 Å². The molecule has 0 aliphatic heterocycles. The highest BCUT2D eigenvalue weighted by atomic mass is 32.2. The number of rotatable bonds is 7. The summed E-state index contributed by atoms with van der Waals surface area (Å²) in [7, 11) is -4.20. The van der Waals surface area contributed by atoms with Gasteiger partial charge in [0.25, 0.3) is 5.91 Å². The molecular formula is C17H20N2O7S2. The molecule has 0 aliphatic rings. The molecule has 1 aromatic carbocycles. The van der Waals surface area contributed by atoms with Gasteiger partial charge in [0, 0.05) is 6.92 Å². The molecule has 2 aromatic rings. The number of nitrogens with zero attached hydrogens (tertiary/aromatic N) is 2. The van der Waals surface area contributed by atoms with Crippen molar-refractivity contribution in [3.63, 3.8) is 0 Å². The molecule has 2 rings (SSSR count). The molecule has 0 unspecified atom stereocenters. The molecule has 0 aliphatic carbocycles. The van der Waals surface area contributed by atoms with Crippen molar-refractivity contribution in [2.45, 2.75) is 27.3 Å². The molecule has 9 nitrogen and oxygen atoms in total. The average molecular weight is 428 g/mol. The molecule has 11 heteroatoms. The van der Waals surface area contributed by atoms with Gasteiger partial charge in [-0.2, -0.15) is 4.99 Å². The number of fused-ring (bicyclic) bond motifs is 1. The monoisotopic (exact) mass is 428 g/mol. The minimum Gasteiger partial charge on any atom is -0.494 e. The summed E-state index contributed by atoms with van der Waals surface area (Å²) in [5, 5.41) is -1.10. The lowest BCUT2D eigenvalue weighted by Gasteiger charge is -2.06. The van der Waals surface area contributed by atoms with E-state index >= 15 is 0 Å². The highest BCUT2D eigenvalue weighted by molar-refractivity contribution is 8.06. The largest absolute Gasteiger partial charge is 0.494 e. The van der Waals surface area contributed by atoms with Crippen molar-refractivity contribution >= 4 is 48.4 Å². The second-order valence-electron chi connectivity index (χ2n) is 5.59. The molecule has 0 atom stereocenters. The van der Waals surface area contributed by atoms with Crippen molar-refractivity contribution < 1.29 is 32.3 Å². The molecular weight excluding hydrogens is 408 g/mol. The van der Waals surface area contributed by atoms with Crippen LogP contribution in [0.1, 0.15) is 20.8 Å². The summed E-state index contributed by atoms with van der Waals surface area (Å²) in [5.41, 5.74) is 0.613. The summed E-state index contributed by atoms with van der Waals surface area (Å²) in [6.07, 6.45) is 0. The second kappa shape index (κ2) is 9.11. The lowest BCUT2D eigenvalue weighted by atomic mass is 10.3. The van der Waals surface area contributed by atoms with E-state index in [0.717, 1.165) is 18.3 Å². The second-order valence-corrected chi connectivity index (χ2v) is 8.70. The van der Waals surface area contributed by atoms with Gasteiger partial charge >= 0.3 is 5.97 Å². The van der Waals surface area contributed by atoms with Gasteiger partial charge in [0.15, 0.2) is 4.80 Å². The summed E-state index contributed by atoms with van der Waals surface area (Å²) in [4.78, 5) is 39.1. The SMILES string of the molecule is CCOC(=O)Cn1c(=NC(=O)CS(=O)(=O)C(C)=O)sc2cc(OCC)ccc21. The first kappa shape index (κ1) is 21.8. The highest BCUT2D eigenvalue weighted by Crippen LogP contribution is 2.23. The van der Waals surface area contributed by atoms with Crippen LogP contribution in [0.25, 0.3) is 10.2 Å². The third-order valence-electron chi connectivity index (χ3n) is 3.53. The Kier molecular flexibility index (Phi) is 7.08. The van der Waals surface area contributed by atoms with Gasteiger partial charge in [-0.05, 0) is 32.0 Å². The number of benzene rings is 1. The molecule has 1 amide bonds. The van der Waals surface area contributed by atoms with E-state index in [1.807, 2.05) is 6.92 Å². The van der Waals surface area contributed by atoms with E-state index in [9.17, 15) is 22.8 Å². The van der Waals surface area contributed by atoms with Gasteiger partial charge < -0.3 is 14.0 Å². The highest BCUT2D eigenvalue weighted by Gasteiger charge is 2.22. The quantitative estimate of drug-likeness (QED) is 0.604. The van der Waals surface area contributed by atoms with E-state index in [1.54, 1.807) is 25.1 Å². The molecule has 0 spiro atoms. The molecule has 1 heterocycles. The maximum atomic E-state index is 12.1. The Morgan fingerprint density at radius 1 is 1.18 bits per heavy atom. The zero-order chi connectivity index (χ0) is 20.9. The Labute approximate surface area is 165 Å². The van der Waals surface area contributed by atoms with Crippen molar-refractivity contribution in [3.05, 3.63) is 23.0 Å². The average Bonchev–Trinajstić information content (AvgIpc) is 2.91. The number of thiazole rings is 1. The van der Waals surface area contributed by atoms with Crippen LogP contribution >= 0.6 is 11.3 Å². The van der Waals surface area contributed by atoms with Gasteiger partial charge in [0.1, 0.15) is 18.0 Å². The van der Waals surface area contributed by atoms with Gasteiger partial charge in [-0.3, -0.25) is 14.4 Å². The minimum atomic E-state index is -4.20. The number of aromatic nitrogens is 1. The van der Waals surface area contributed by atoms with E-state index in [4.69, 9.17) is 9.47 Å². The number of amides is 1. The molecule has 0 fully saturated rings. The third-order valence-corrected chi connectivity index (χ3v) is 6.07. The summed E-state index contributed by atoms with van der Waals surface area (Å²) >= 11 is 1.09. The van der Waals surface area contributed by atoms with Crippen LogP contribution in [-0.4, -0.2) is 48.9 Å². The molecule has 1 aromatic heterocycles. The first-order valence-electron chi connectivity index (χ1n) is 8.40. The van der Waals surface area contributed by atoms with Crippen molar-refractivity contribution in [2.24, 2.45) is 4.99 Å².